The summed E-state index contributed by atoms with van der Waals surface area (Å²) >= 11 is 7.20. The average Bonchev–Trinajstić information content (AvgIpc) is 3.24. The molecule has 0 unspecified atom stereocenters. The first-order valence-corrected chi connectivity index (χ1v) is 10.4. The van der Waals surface area contributed by atoms with E-state index in [-0.39, 0.29) is 5.76 Å². The number of anilines is 1. The van der Waals surface area contributed by atoms with Gasteiger partial charge in [0, 0.05) is 17.3 Å². The number of rotatable bonds is 4. The molecule has 0 atom stereocenters. The van der Waals surface area contributed by atoms with E-state index in [1.54, 1.807) is 0 Å². The lowest BCUT2D eigenvalue weighted by atomic mass is 9.93. The van der Waals surface area contributed by atoms with Gasteiger partial charge in [-0.3, -0.25) is 0 Å². The van der Waals surface area contributed by atoms with Gasteiger partial charge in [-0.25, -0.2) is 0 Å². The molecule has 2 heterocycles. The number of aryl methyl sites for hydroxylation is 2. The summed E-state index contributed by atoms with van der Waals surface area (Å²) < 4.78 is 1.96. The van der Waals surface area contributed by atoms with Gasteiger partial charge in [-0.15, -0.1) is 11.3 Å². The smallest absolute Gasteiger partial charge is 0.289 e. The normalized spacial score (nSPS) is 14.2. The topological polar surface area (TPSA) is 36.1 Å². The number of hydrogen-bond acceptors (Lipinski definition) is 3. The number of aliphatic hydroxyl groups is 1. The van der Waals surface area contributed by atoms with Crippen LogP contribution in [0.5, 0.6) is 0 Å². The second-order valence-electron chi connectivity index (χ2n) is 6.60. The molecule has 5 heteroatoms. The largest absolute Gasteiger partial charge is 0.501 e. The molecule has 1 aliphatic rings. The molecule has 3 nitrogen and oxygen atoms in total. The second kappa shape index (κ2) is 8.03. The van der Waals surface area contributed by atoms with Gasteiger partial charge in [-0.1, -0.05) is 36.5 Å². The molecule has 0 saturated carbocycles. The van der Waals surface area contributed by atoms with Crippen LogP contribution in [0.3, 0.4) is 0 Å². The molecular formula is C22H21N2OS2+. The molecular weight excluding hydrogens is 372 g/mol. The van der Waals surface area contributed by atoms with Crippen LogP contribution >= 0.6 is 23.6 Å². The first-order valence-electron chi connectivity index (χ1n) is 9.09. The molecule has 1 aromatic carbocycles. The third-order valence-electron chi connectivity index (χ3n) is 4.77. The minimum Gasteiger partial charge on any atom is -0.501 e. The molecule has 2 N–H and O–H groups in total. The van der Waals surface area contributed by atoms with Crippen molar-refractivity contribution in [3.63, 3.8) is 0 Å². The summed E-state index contributed by atoms with van der Waals surface area (Å²) in [5, 5.41) is 16.2. The van der Waals surface area contributed by atoms with Gasteiger partial charge in [-0.05, 0) is 54.8 Å². The number of hydrogen-bond donors (Lipinski definition) is 2. The van der Waals surface area contributed by atoms with Crippen LogP contribution in [0.1, 0.15) is 28.8 Å². The van der Waals surface area contributed by atoms with E-state index in [1.807, 2.05) is 58.6 Å². The van der Waals surface area contributed by atoms with Gasteiger partial charge in [0.15, 0.2) is 17.4 Å². The van der Waals surface area contributed by atoms with E-state index in [1.165, 1.54) is 35.3 Å². The Hall–Kier alpha value is -2.50. The maximum Gasteiger partial charge on any atom is 0.289 e. The third-order valence-corrected chi connectivity index (χ3v) is 5.94. The molecule has 2 aromatic heterocycles. The summed E-state index contributed by atoms with van der Waals surface area (Å²) in [7, 11) is 0. The molecule has 0 fully saturated rings. The van der Waals surface area contributed by atoms with Crippen LogP contribution in [0.15, 0.2) is 66.3 Å². The van der Waals surface area contributed by atoms with Gasteiger partial charge < -0.3 is 10.4 Å². The van der Waals surface area contributed by atoms with Gasteiger partial charge in [0.1, 0.15) is 0 Å². The van der Waals surface area contributed by atoms with Crippen molar-refractivity contribution in [3.05, 3.63) is 82.3 Å². The van der Waals surface area contributed by atoms with Crippen LogP contribution in [0.4, 0.5) is 5.69 Å². The van der Waals surface area contributed by atoms with Crippen molar-refractivity contribution in [2.75, 3.05) is 5.32 Å². The van der Waals surface area contributed by atoms with Crippen LogP contribution in [-0.4, -0.2) is 10.1 Å². The predicted molar refractivity (Wildman–Crippen MR) is 116 cm³/mol. The Bertz CT molecular complexity index is 979. The average molecular weight is 394 g/mol. The van der Waals surface area contributed by atoms with Gasteiger partial charge in [-0.2, -0.15) is 4.57 Å². The molecule has 0 bridgehead atoms. The molecule has 0 amide bonds. The minimum atomic E-state index is 0.194. The molecule has 1 aliphatic carbocycles. The first kappa shape index (κ1) is 17.9. The number of benzene rings is 1. The number of para-hydroxylation sites is 1. The van der Waals surface area contributed by atoms with Crippen molar-refractivity contribution in [3.8, 4) is 0 Å². The van der Waals surface area contributed by atoms with Crippen molar-refractivity contribution >= 4 is 45.7 Å². The van der Waals surface area contributed by atoms with E-state index >= 15 is 0 Å². The first-order chi connectivity index (χ1) is 13.2. The van der Waals surface area contributed by atoms with E-state index in [2.05, 4.69) is 17.6 Å². The number of thiophene rings is 1. The number of aliphatic hydroxyl groups excluding tert-OH is 1. The Balaban J connectivity index is 1.77. The van der Waals surface area contributed by atoms with Crippen molar-refractivity contribution in [2.24, 2.45) is 0 Å². The maximum absolute atomic E-state index is 11.0. The zero-order valence-corrected chi connectivity index (χ0v) is 16.5. The van der Waals surface area contributed by atoms with E-state index in [9.17, 15) is 5.11 Å². The van der Waals surface area contributed by atoms with Crippen LogP contribution < -0.4 is 9.88 Å². The maximum atomic E-state index is 11.0. The Labute approximate surface area is 168 Å². The Morgan fingerprint density at radius 2 is 1.78 bits per heavy atom. The summed E-state index contributed by atoms with van der Waals surface area (Å²) in [6.07, 6.45) is 8.77. The van der Waals surface area contributed by atoms with Crippen molar-refractivity contribution in [1.29, 1.82) is 0 Å². The highest BCUT2D eigenvalue weighted by Gasteiger charge is 2.26. The number of pyridine rings is 1. The summed E-state index contributed by atoms with van der Waals surface area (Å²) in [6, 6.07) is 15.8. The van der Waals surface area contributed by atoms with Gasteiger partial charge >= 0.3 is 0 Å². The zero-order valence-electron chi connectivity index (χ0n) is 14.9. The highest BCUT2D eigenvalue weighted by molar-refractivity contribution is 7.81. The molecule has 0 aliphatic heterocycles. The summed E-state index contributed by atoms with van der Waals surface area (Å²) in [5.41, 5.74) is 4.24. The minimum absolute atomic E-state index is 0.194. The lowest BCUT2D eigenvalue weighted by Crippen LogP contribution is -2.39. The Morgan fingerprint density at radius 1 is 1.00 bits per heavy atom. The number of nitrogens with zero attached hydrogens (tertiary/aromatic N) is 1. The van der Waals surface area contributed by atoms with Gasteiger partial charge in [0.25, 0.3) is 5.70 Å². The molecule has 27 heavy (non-hydrogen) atoms. The highest BCUT2D eigenvalue weighted by atomic mass is 32.1. The quantitative estimate of drug-likeness (QED) is 0.275. The number of thiocarbonyl (C=S) groups is 1. The fraction of sp³-hybridized carbons (Fsp3) is 0.182. The standard InChI is InChI=1S/C22H20N2OS2/c25-21(19-11-6-14-27-19)20(22(26)23-18-9-2-1-3-10-18)24-13-12-16-7-4-5-8-17(16)15-24/h1-3,6,9-15H,4-5,7-8H2,(H-,23,25,26)/p+1. The Morgan fingerprint density at radius 3 is 2.52 bits per heavy atom. The van der Waals surface area contributed by atoms with Crippen LogP contribution in [0.25, 0.3) is 11.5 Å². The number of nitrogens with one attached hydrogen (secondary N) is 1. The van der Waals surface area contributed by atoms with Crippen molar-refractivity contribution < 1.29 is 9.67 Å². The SMILES string of the molecule is OC(=C(C(=S)Nc1ccccc1)[n+]1ccc2c(c1)CCCC2)c1cccs1. The van der Waals surface area contributed by atoms with E-state index in [0.29, 0.717) is 10.7 Å². The zero-order chi connectivity index (χ0) is 18.6. The summed E-state index contributed by atoms with van der Waals surface area (Å²) in [4.78, 5) is 1.29. The lowest BCUT2D eigenvalue weighted by molar-refractivity contribution is -0.576. The van der Waals surface area contributed by atoms with E-state index in [0.717, 1.165) is 23.4 Å². The van der Waals surface area contributed by atoms with Crippen molar-refractivity contribution in [2.45, 2.75) is 25.7 Å². The van der Waals surface area contributed by atoms with E-state index in [4.69, 9.17) is 12.2 Å². The third kappa shape index (κ3) is 3.94. The van der Waals surface area contributed by atoms with Gasteiger partial charge in [0.05, 0.1) is 4.88 Å². The number of fused-ring (bicyclic) bond motifs is 1. The van der Waals surface area contributed by atoms with Crippen molar-refractivity contribution in [1.82, 2.24) is 0 Å². The van der Waals surface area contributed by atoms with Crippen LogP contribution in [0.2, 0.25) is 0 Å². The molecule has 0 radical (unpaired) electrons. The fourth-order valence-corrected chi connectivity index (χ4v) is 4.39. The lowest BCUT2D eigenvalue weighted by Gasteiger charge is -2.15. The molecule has 0 saturated heterocycles. The summed E-state index contributed by atoms with van der Waals surface area (Å²) in [5.74, 6) is 0.194. The monoisotopic (exact) mass is 393 g/mol. The summed E-state index contributed by atoms with van der Waals surface area (Å²) in [6.45, 7) is 0. The molecule has 136 valence electrons. The molecule has 3 aromatic rings. The van der Waals surface area contributed by atoms with Crippen LogP contribution in [-0.2, 0) is 12.8 Å². The van der Waals surface area contributed by atoms with E-state index < -0.39 is 0 Å². The highest BCUT2D eigenvalue weighted by Crippen LogP contribution is 2.24. The second-order valence-corrected chi connectivity index (χ2v) is 7.96. The molecule has 4 rings (SSSR count). The number of aromatic nitrogens is 1. The van der Waals surface area contributed by atoms with Crippen LogP contribution in [0, 0.1) is 0 Å². The molecule has 0 spiro atoms. The predicted octanol–water partition coefficient (Wildman–Crippen LogP) is 5.24. The van der Waals surface area contributed by atoms with Gasteiger partial charge in [0.2, 0.25) is 5.76 Å². The fourth-order valence-electron chi connectivity index (χ4n) is 3.40. The Kier molecular flexibility index (Phi) is 5.32.